The summed E-state index contributed by atoms with van der Waals surface area (Å²) in [6.07, 6.45) is 0. The summed E-state index contributed by atoms with van der Waals surface area (Å²) in [5.41, 5.74) is 1.71. The zero-order chi connectivity index (χ0) is 17.7. The van der Waals surface area contributed by atoms with Crippen molar-refractivity contribution in [3.05, 3.63) is 59.2 Å². The van der Waals surface area contributed by atoms with E-state index in [1.807, 2.05) is 14.0 Å². The van der Waals surface area contributed by atoms with Gasteiger partial charge in [-0.2, -0.15) is 0 Å². The highest BCUT2D eigenvalue weighted by Gasteiger charge is 2.12. The average Bonchev–Trinajstić information content (AvgIpc) is 2.52. The first kappa shape index (κ1) is 18.4. The summed E-state index contributed by atoms with van der Waals surface area (Å²) in [7, 11) is 5.46. The Morgan fingerprint density at radius 3 is 2.58 bits per heavy atom. The predicted molar refractivity (Wildman–Crippen MR) is 97.2 cm³/mol. The number of aryl methyl sites for hydroxylation is 1. The maximum absolute atomic E-state index is 14.3. The van der Waals surface area contributed by atoms with Crippen molar-refractivity contribution in [3.63, 3.8) is 0 Å². The van der Waals surface area contributed by atoms with Crippen molar-refractivity contribution in [2.24, 2.45) is 4.99 Å². The van der Waals surface area contributed by atoms with E-state index in [9.17, 15) is 8.78 Å². The van der Waals surface area contributed by atoms with E-state index in [1.54, 1.807) is 49.0 Å². The molecule has 0 bridgehead atoms. The van der Waals surface area contributed by atoms with Crippen LogP contribution in [0, 0.1) is 18.6 Å². The van der Waals surface area contributed by atoms with E-state index in [0.29, 0.717) is 11.4 Å². The molecule has 0 fully saturated rings. The molecule has 0 atom stereocenters. The summed E-state index contributed by atoms with van der Waals surface area (Å²) in [5.74, 6) is 0.482. The fourth-order valence-electron chi connectivity index (χ4n) is 2.20. The number of thioether (sulfide) groups is 1. The molecule has 24 heavy (non-hydrogen) atoms. The van der Waals surface area contributed by atoms with Gasteiger partial charge in [-0.05, 0) is 43.8 Å². The largest absolute Gasteiger partial charge is 0.362 e. The Labute approximate surface area is 145 Å². The van der Waals surface area contributed by atoms with Crippen LogP contribution in [0.3, 0.4) is 0 Å². The Hall–Kier alpha value is -1.92. The van der Waals surface area contributed by atoms with Gasteiger partial charge < -0.3 is 10.2 Å². The van der Waals surface area contributed by atoms with Gasteiger partial charge in [0.1, 0.15) is 23.2 Å². The molecule has 0 amide bonds. The van der Waals surface area contributed by atoms with Gasteiger partial charge >= 0.3 is 0 Å². The number of halogens is 2. The number of rotatable bonds is 5. The van der Waals surface area contributed by atoms with Gasteiger partial charge in [-0.3, -0.25) is 0 Å². The molecular weight excluding hydrogens is 328 g/mol. The van der Waals surface area contributed by atoms with Crippen LogP contribution in [-0.4, -0.2) is 37.8 Å². The lowest BCUT2D eigenvalue weighted by molar-refractivity contribution is 0.610. The minimum Gasteiger partial charge on any atom is -0.362 e. The van der Waals surface area contributed by atoms with Crippen LogP contribution in [0.1, 0.15) is 11.1 Å². The zero-order valence-corrected chi connectivity index (χ0v) is 15.0. The van der Waals surface area contributed by atoms with E-state index < -0.39 is 5.82 Å². The molecule has 0 aliphatic heterocycles. The van der Waals surface area contributed by atoms with Crippen molar-refractivity contribution in [1.29, 1.82) is 0 Å². The maximum atomic E-state index is 14.3. The monoisotopic (exact) mass is 349 g/mol. The molecule has 6 heteroatoms. The molecule has 0 unspecified atom stereocenters. The predicted octanol–water partition coefficient (Wildman–Crippen LogP) is 4.18. The lowest BCUT2D eigenvalue weighted by atomic mass is 10.1. The van der Waals surface area contributed by atoms with Gasteiger partial charge in [0.25, 0.3) is 0 Å². The van der Waals surface area contributed by atoms with Crippen LogP contribution >= 0.6 is 11.8 Å². The summed E-state index contributed by atoms with van der Waals surface area (Å²) in [6, 6.07) is 9.34. The van der Waals surface area contributed by atoms with Crippen LogP contribution in [0.5, 0.6) is 0 Å². The minimum atomic E-state index is -0.392. The lowest BCUT2D eigenvalue weighted by Gasteiger charge is -2.17. The number of aliphatic imine (C=N–C) groups is 1. The summed E-state index contributed by atoms with van der Waals surface area (Å²) in [5, 5.41) is 3.05. The van der Waals surface area contributed by atoms with Crippen molar-refractivity contribution in [3.8, 4) is 0 Å². The van der Waals surface area contributed by atoms with Crippen LogP contribution in [-0.2, 0) is 0 Å². The summed E-state index contributed by atoms with van der Waals surface area (Å²) >= 11 is 1.58. The van der Waals surface area contributed by atoms with Crippen molar-refractivity contribution in [2.75, 3.05) is 27.0 Å². The average molecular weight is 349 g/mol. The van der Waals surface area contributed by atoms with Gasteiger partial charge in [0, 0.05) is 30.4 Å². The van der Waals surface area contributed by atoms with E-state index in [0.717, 1.165) is 16.3 Å². The van der Waals surface area contributed by atoms with E-state index >= 15 is 0 Å². The van der Waals surface area contributed by atoms with Gasteiger partial charge in [0.05, 0.1) is 0 Å². The Morgan fingerprint density at radius 1 is 1.21 bits per heavy atom. The van der Waals surface area contributed by atoms with Gasteiger partial charge in [-0.25, -0.2) is 13.8 Å². The fraction of sp³-hybridized carbons (Fsp3) is 0.278. The summed E-state index contributed by atoms with van der Waals surface area (Å²) < 4.78 is 27.9. The first-order chi connectivity index (χ1) is 11.4. The SMILES string of the molecule is CNCSc1cc(/N=C(\c2cccc(F)c2)N(C)C)c(F)cc1C. The third kappa shape index (κ3) is 4.55. The highest BCUT2D eigenvalue weighted by atomic mass is 32.2. The number of hydrogen-bond donors (Lipinski definition) is 1. The standard InChI is InChI=1S/C18H21F2N3S/c1-12-8-15(20)16(10-17(12)24-11-21-2)22-18(23(3)4)13-6-5-7-14(19)9-13/h5-10,21H,11H2,1-4H3/b22-18+. The third-order valence-corrected chi connectivity index (χ3v) is 4.53. The van der Waals surface area contributed by atoms with Gasteiger partial charge in [0.15, 0.2) is 0 Å². The smallest absolute Gasteiger partial charge is 0.149 e. The van der Waals surface area contributed by atoms with Crippen LogP contribution in [0.4, 0.5) is 14.5 Å². The van der Waals surface area contributed by atoms with Gasteiger partial charge in [-0.1, -0.05) is 12.1 Å². The van der Waals surface area contributed by atoms with Gasteiger partial charge in [0.2, 0.25) is 0 Å². The molecule has 2 rings (SSSR count). The van der Waals surface area contributed by atoms with Crippen molar-refractivity contribution in [1.82, 2.24) is 10.2 Å². The first-order valence-electron chi connectivity index (χ1n) is 7.52. The molecular formula is C18H21F2N3S. The molecule has 128 valence electrons. The second-order valence-electron chi connectivity index (χ2n) is 5.55. The molecule has 0 aliphatic carbocycles. The highest BCUT2D eigenvalue weighted by Crippen LogP contribution is 2.30. The van der Waals surface area contributed by atoms with Crippen LogP contribution in [0.25, 0.3) is 0 Å². The number of benzene rings is 2. The fourth-order valence-corrected chi connectivity index (χ4v) is 2.98. The van der Waals surface area contributed by atoms with E-state index in [2.05, 4.69) is 10.3 Å². The second-order valence-corrected chi connectivity index (χ2v) is 6.57. The van der Waals surface area contributed by atoms with Crippen LogP contribution < -0.4 is 5.32 Å². The number of nitrogens with one attached hydrogen (secondary N) is 1. The highest BCUT2D eigenvalue weighted by molar-refractivity contribution is 7.99. The Kier molecular flexibility index (Phi) is 6.34. The molecule has 0 spiro atoms. The maximum Gasteiger partial charge on any atom is 0.149 e. The normalized spacial score (nSPS) is 11.7. The number of nitrogens with zero attached hydrogens (tertiary/aromatic N) is 2. The molecule has 0 radical (unpaired) electrons. The van der Waals surface area contributed by atoms with Crippen LogP contribution in [0.15, 0.2) is 46.3 Å². The Balaban J connectivity index is 2.49. The Bertz CT molecular complexity index is 745. The molecule has 0 saturated carbocycles. The van der Waals surface area contributed by atoms with Crippen molar-refractivity contribution < 1.29 is 8.78 Å². The van der Waals surface area contributed by atoms with E-state index in [4.69, 9.17) is 0 Å². The molecule has 1 N–H and O–H groups in total. The van der Waals surface area contributed by atoms with Crippen LogP contribution in [0.2, 0.25) is 0 Å². The molecule has 0 aromatic heterocycles. The third-order valence-electron chi connectivity index (χ3n) is 3.35. The number of hydrogen-bond acceptors (Lipinski definition) is 3. The van der Waals surface area contributed by atoms with E-state index in [-0.39, 0.29) is 11.5 Å². The molecule has 3 nitrogen and oxygen atoms in total. The second kappa shape index (κ2) is 8.26. The Morgan fingerprint density at radius 2 is 1.96 bits per heavy atom. The summed E-state index contributed by atoms with van der Waals surface area (Å²) in [4.78, 5) is 7.15. The van der Waals surface area contributed by atoms with Gasteiger partial charge in [-0.15, -0.1) is 11.8 Å². The number of amidine groups is 1. The lowest BCUT2D eigenvalue weighted by Crippen LogP contribution is -2.23. The molecule has 2 aromatic rings. The quantitative estimate of drug-likeness (QED) is 0.380. The summed E-state index contributed by atoms with van der Waals surface area (Å²) in [6.45, 7) is 1.87. The first-order valence-corrected chi connectivity index (χ1v) is 8.50. The van der Waals surface area contributed by atoms with Crippen molar-refractivity contribution in [2.45, 2.75) is 11.8 Å². The zero-order valence-electron chi connectivity index (χ0n) is 14.2. The topological polar surface area (TPSA) is 27.6 Å². The van der Waals surface area contributed by atoms with Crippen molar-refractivity contribution >= 4 is 23.3 Å². The minimum absolute atomic E-state index is 0.243. The molecule has 0 heterocycles. The molecule has 2 aromatic carbocycles. The van der Waals surface area contributed by atoms with E-state index in [1.165, 1.54) is 18.2 Å². The molecule has 0 saturated heterocycles. The molecule has 0 aliphatic rings.